The molecule has 0 aliphatic carbocycles. The summed E-state index contributed by atoms with van der Waals surface area (Å²) in [5.74, 6) is -0.335. The van der Waals surface area contributed by atoms with Crippen LogP contribution in [0.1, 0.15) is 5.56 Å². The van der Waals surface area contributed by atoms with E-state index in [9.17, 15) is 15.2 Å². The molecule has 3 N–H and O–H groups in total. The Hall–Kier alpha value is -3.60. The van der Waals surface area contributed by atoms with Crippen molar-refractivity contribution in [3.05, 3.63) is 56.5 Å². The average molecular weight is 428 g/mol. The second-order valence-electron chi connectivity index (χ2n) is 5.49. The summed E-state index contributed by atoms with van der Waals surface area (Å²) in [4.78, 5) is 17.6. The fourth-order valence-corrected chi connectivity index (χ4v) is 2.91. The van der Waals surface area contributed by atoms with Crippen LogP contribution in [0.5, 0.6) is 5.75 Å². The van der Waals surface area contributed by atoms with E-state index in [4.69, 9.17) is 0 Å². The van der Waals surface area contributed by atoms with Gasteiger partial charge in [0.25, 0.3) is 5.95 Å². The lowest BCUT2D eigenvalue weighted by atomic mass is 10.2. The number of rotatable bonds is 4. The van der Waals surface area contributed by atoms with Crippen molar-refractivity contribution in [2.75, 3.05) is 5.43 Å². The van der Waals surface area contributed by atoms with Gasteiger partial charge in [-0.15, -0.1) is 10.2 Å². The number of hydrogen-bond acceptors (Lipinski definition) is 8. The fourth-order valence-electron chi connectivity index (χ4n) is 2.55. The number of nitro benzene ring substituents is 1. The molecule has 0 atom stereocenters. The Balaban J connectivity index is 1.61. The van der Waals surface area contributed by atoms with E-state index in [0.29, 0.717) is 11.2 Å². The number of anilines is 1. The number of phenolic OH excluding ortho intramolecular Hbond substituents is 1. The minimum absolute atomic E-state index is 0.134. The molecule has 0 saturated heterocycles. The number of benzene rings is 2. The second-order valence-corrected chi connectivity index (χ2v) is 6.41. The zero-order chi connectivity index (χ0) is 19.0. The molecule has 2 aromatic heterocycles. The highest BCUT2D eigenvalue weighted by Gasteiger charge is 2.15. The van der Waals surface area contributed by atoms with Crippen LogP contribution in [0.4, 0.5) is 11.6 Å². The number of hydrogen-bond donors (Lipinski definition) is 3. The molecule has 27 heavy (non-hydrogen) atoms. The van der Waals surface area contributed by atoms with E-state index in [-0.39, 0.29) is 11.5 Å². The Labute approximate surface area is 159 Å². The van der Waals surface area contributed by atoms with Gasteiger partial charge in [-0.2, -0.15) is 10.1 Å². The Kier molecular flexibility index (Phi) is 4.12. The van der Waals surface area contributed by atoms with Crippen LogP contribution in [0.3, 0.4) is 0 Å². The molecule has 0 amide bonds. The quantitative estimate of drug-likeness (QED) is 0.257. The number of nitro groups is 1. The van der Waals surface area contributed by atoms with Crippen molar-refractivity contribution < 1.29 is 10.0 Å². The normalized spacial score (nSPS) is 11.4. The van der Waals surface area contributed by atoms with Crippen LogP contribution >= 0.6 is 15.9 Å². The smallest absolute Gasteiger partial charge is 0.311 e. The summed E-state index contributed by atoms with van der Waals surface area (Å²) in [5, 5.41) is 33.6. The summed E-state index contributed by atoms with van der Waals surface area (Å²) in [5.41, 5.74) is 4.40. The van der Waals surface area contributed by atoms with Crippen LogP contribution in [-0.2, 0) is 0 Å². The van der Waals surface area contributed by atoms with Crippen molar-refractivity contribution in [3.8, 4) is 5.75 Å². The maximum absolute atomic E-state index is 10.8. The van der Waals surface area contributed by atoms with Crippen LogP contribution in [0.25, 0.3) is 22.1 Å². The summed E-state index contributed by atoms with van der Waals surface area (Å²) in [6.07, 6.45) is 1.23. The van der Waals surface area contributed by atoms with Crippen molar-refractivity contribution in [2.45, 2.75) is 0 Å². The van der Waals surface area contributed by atoms with Gasteiger partial charge in [-0.25, -0.2) is 5.43 Å². The summed E-state index contributed by atoms with van der Waals surface area (Å²) < 4.78 is 0.918. The van der Waals surface area contributed by atoms with Crippen molar-refractivity contribution in [3.63, 3.8) is 0 Å². The molecular formula is C16H10BrN7O3. The van der Waals surface area contributed by atoms with Gasteiger partial charge in [-0.05, 0) is 24.3 Å². The van der Waals surface area contributed by atoms with E-state index in [2.05, 4.69) is 46.6 Å². The predicted octanol–water partition coefficient (Wildman–Crippen LogP) is 3.33. The van der Waals surface area contributed by atoms with E-state index in [1.807, 2.05) is 18.2 Å². The zero-order valence-electron chi connectivity index (χ0n) is 13.4. The lowest BCUT2D eigenvalue weighted by Gasteiger charge is -2.00. The molecule has 10 nitrogen and oxygen atoms in total. The number of nitrogens with zero attached hydrogens (tertiary/aromatic N) is 5. The Morgan fingerprint density at radius 2 is 2.15 bits per heavy atom. The summed E-state index contributed by atoms with van der Waals surface area (Å²) in [6, 6.07) is 9.87. The number of halogens is 1. The molecule has 0 fully saturated rings. The van der Waals surface area contributed by atoms with Crippen LogP contribution < -0.4 is 5.43 Å². The monoisotopic (exact) mass is 427 g/mol. The molecule has 2 aromatic carbocycles. The minimum atomic E-state index is -0.671. The molecule has 11 heteroatoms. The van der Waals surface area contributed by atoms with Gasteiger partial charge in [0, 0.05) is 27.0 Å². The number of H-pyrrole nitrogens is 1. The Morgan fingerprint density at radius 3 is 2.96 bits per heavy atom. The van der Waals surface area contributed by atoms with Gasteiger partial charge in [0.2, 0.25) is 5.75 Å². The molecule has 0 aliphatic heterocycles. The third-order valence-corrected chi connectivity index (χ3v) is 4.28. The molecule has 0 bridgehead atoms. The fraction of sp³-hybridized carbons (Fsp3) is 0. The molecular weight excluding hydrogens is 418 g/mol. The minimum Gasteiger partial charge on any atom is -0.502 e. The number of aromatic nitrogens is 4. The van der Waals surface area contributed by atoms with Crippen LogP contribution in [0.2, 0.25) is 0 Å². The molecule has 0 saturated carbocycles. The molecule has 0 radical (unpaired) electrons. The largest absolute Gasteiger partial charge is 0.502 e. The van der Waals surface area contributed by atoms with Gasteiger partial charge in [0.05, 0.1) is 11.1 Å². The highest BCUT2D eigenvalue weighted by atomic mass is 79.9. The maximum Gasteiger partial charge on any atom is 0.311 e. The number of fused-ring (bicyclic) bond motifs is 3. The van der Waals surface area contributed by atoms with Gasteiger partial charge >= 0.3 is 5.69 Å². The van der Waals surface area contributed by atoms with E-state index >= 15 is 0 Å². The van der Waals surface area contributed by atoms with E-state index < -0.39 is 16.4 Å². The SMILES string of the molecule is O=[N+]([O-])c1cccc(/C=N/Nc2nnc3c(n2)[nH]c2ccc(Br)cc23)c1O. The van der Waals surface area contributed by atoms with Crippen LogP contribution in [0.15, 0.2) is 46.0 Å². The third-order valence-electron chi connectivity index (χ3n) is 3.79. The molecule has 0 unspecified atom stereocenters. The van der Waals surface area contributed by atoms with E-state index in [0.717, 1.165) is 15.4 Å². The van der Waals surface area contributed by atoms with Crippen molar-refractivity contribution >= 4 is 55.8 Å². The average Bonchev–Trinajstić information content (AvgIpc) is 3.00. The van der Waals surface area contributed by atoms with Gasteiger partial charge in [-0.1, -0.05) is 22.0 Å². The number of para-hydroxylation sites is 1. The number of phenols is 1. The van der Waals surface area contributed by atoms with E-state index in [1.165, 1.54) is 24.4 Å². The van der Waals surface area contributed by atoms with Crippen molar-refractivity contribution in [1.29, 1.82) is 0 Å². The second kappa shape index (κ2) is 6.61. The number of aromatic hydroxyl groups is 1. The molecule has 4 rings (SSSR count). The lowest BCUT2D eigenvalue weighted by molar-refractivity contribution is -0.385. The van der Waals surface area contributed by atoms with E-state index in [1.54, 1.807) is 0 Å². The third kappa shape index (κ3) is 3.15. The van der Waals surface area contributed by atoms with Gasteiger partial charge < -0.3 is 10.1 Å². The van der Waals surface area contributed by atoms with Gasteiger partial charge in [0.1, 0.15) is 5.52 Å². The first-order valence-electron chi connectivity index (χ1n) is 7.60. The zero-order valence-corrected chi connectivity index (χ0v) is 15.0. The molecule has 4 aromatic rings. The highest BCUT2D eigenvalue weighted by Crippen LogP contribution is 2.28. The number of hydrazone groups is 1. The topological polar surface area (TPSA) is 142 Å². The molecule has 0 aliphatic rings. The molecule has 0 spiro atoms. The first-order valence-corrected chi connectivity index (χ1v) is 8.39. The molecule has 2 heterocycles. The van der Waals surface area contributed by atoms with Crippen LogP contribution in [-0.4, -0.2) is 36.4 Å². The van der Waals surface area contributed by atoms with Crippen molar-refractivity contribution in [2.24, 2.45) is 5.10 Å². The maximum atomic E-state index is 10.8. The van der Waals surface area contributed by atoms with Gasteiger partial charge in [0.15, 0.2) is 5.65 Å². The summed E-state index contributed by atoms with van der Waals surface area (Å²) >= 11 is 3.42. The predicted molar refractivity (Wildman–Crippen MR) is 103 cm³/mol. The molecule has 134 valence electrons. The highest BCUT2D eigenvalue weighted by molar-refractivity contribution is 9.10. The number of nitrogens with one attached hydrogen (secondary N) is 2. The first kappa shape index (κ1) is 16.8. The first-order chi connectivity index (χ1) is 13.0. The van der Waals surface area contributed by atoms with Crippen molar-refractivity contribution in [1.82, 2.24) is 20.2 Å². The Morgan fingerprint density at radius 1 is 1.30 bits per heavy atom. The summed E-state index contributed by atoms with van der Waals surface area (Å²) in [6.45, 7) is 0. The lowest BCUT2D eigenvalue weighted by Crippen LogP contribution is -1.99. The van der Waals surface area contributed by atoms with Gasteiger partial charge in [-0.3, -0.25) is 10.1 Å². The Bertz CT molecular complexity index is 1220. The summed E-state index contributed by atoms with van der Waals surface area (Å²) in [7, 11) is 0. The van der Waals surface area contributed by atoms with Crippen LogP contribution in [0, 0.1) is 10.1 Å². The standard InChI is InChI=1S/C16H10BrN7O3/c17-9-4-5-11-10(6-9)13-15(19-11)20-16(23-21-13)22-18-7-8-2-1-3-12(14(8)25)24(26)27/h1-7,25H,(H2,19,20,22,23)/b18-7+. The number of aromatic amines is 1.